The number of carbonyl (C=O) groups excluding carboxylic acids is 1. The molecule has 3 nitrogen and oxygen atoms in total. The van der Waals surface area contributed by atoms with Gasteiger partial charge in [0.2, 0.25) is 0 Å². The quantitative estimate of drug-likeness (QED) is 0.771. The second-order valence-corrected chi connectivity index (χ2v) is 4.24. The molecule has 1 fully saturated rings. The summed E-state index contributed by atoms with van der Waals surface area (Å²) < 4.78 is 1.61. The third kappa shape index (κ3) is 2.15. The Hall–Kier alpha value is -0.830. The van der Waals surface area contributed by atoms with Gasteiger partial charge in [0.1, 0.15) is 0 Å². The average molecular weight is 213 g/mol. The highest BCUT2D eigenvalue weighted by molar-refractivity contribution is 6.30. The highest BCUT2D eigenvalue weighted by Gasteiger charge is 2.22. The summed E-state index contributed by atoms with van der Waals surface area (Å²) in [6, 6.07) is 0. The highest BCUT2D eigenvalue weighted by atomic mass is 35.5. The van der Waals surface area contributed by atoms with Crippen LogP contribution in [0.5, 0.6) is 0 Å². The molecular formula is C10H13ClN2O. The van der Waals surface area contributed by atoms with E-state index in [-0.39, 0.29) is 5.92 Å². The molecule has 1 aliphatic carbocycles. The van der Waals surface area contributed by atoms with Gasteiger partial charge in [-0.25, -0.2) is 0 Å². The van der Waals surface area contributed by atoms with E-state index in [9.17, 15) is 4.79 Å². The lowest BCUT2D eigenvalue weighted by molar-refractivity contribution is -0.123. The predicted molar refractivity (Wildman–Crippen MR) is 54.2 cm³/mol. The lowest BCUT2D eigenvalue weighted by Crippen LogP contribution is -2.18. The zero-order valence-electron chi connectivity index (χ0n) is 7.95. The van der Waals surface area contributed by atoms with E-state index in [0.717, 1.165) is 12.8 Å². The van der Waals surface area contributed by atoms with Crippen molar-refractivity contribution in [3.8, 4) is 0 Å². The normalized spacial score (nSPS) is 17.5. The Balaban J connectivity index is 1.93. The zero-order chi connectivity index (χ0) is 9.97. The van der Waals surface area contributed by atoms with Gasteiger partial charge in [-0.15, -0.1) is 0 Å². The summed E-state index contributed by atoms with van der Waals surface area (Å²) in [6.07, 6.45) is 7.73. The molecule has 1 aliphatic rings. The van der Waals surface area contributed by atoms with Crippen molar-refractivity contribution < 1.29 is 4.79 Å². The first-order valence-corrected chi connectivity index (χ1v) is 5.34. The van der Waals surface area contributed by atoms with Crippen molar-refractivity contribution in [1.29, 1.82) is 0 Å². The molecule has 0 amide bonds. The van der Waals surface area contributed by atoms with Crippen LogP contribution < -0.4 is 0 Å². The standard InChI is InChI=1S/C10H13ClN2O/c11-9-5-12-13(6-9)7-10(14)8-3-1-2-4-8/h5-6,8H,1-4,7H2. The van der Waals surface area contributed by atoms with Gasteiger partial charge in [0, 0.05) is 12.1 Å². The summed E-state index contributed by atoms with van der Waals surface area (Å²) in [5.41, 5.74) is 0. The van der Waals surface area contributed by atoms with Gasteiger partial charge in [0.15, 0.2) is 5.78 Å². The summed E-state index contributed by atoms with van der Waals surface area (Å²) in [6.45, 7) is 0.372. The average Bonchev–Trinajstić information content (AvgIpc) is 2.75. The Morgan fingerprint density at radius 3 is 2.86 bits per heavy atom. The van der Waals surface area contributed by atoms with Gasteiger partial charge >= 0.3 is 0 Å². The van der Waals surface area contributed by atoms with Crippen LogP contribution in [0.4, 0.5) is 0 Å². The molecule has 2 rings (SSSR count). The molecule has 0 spiro atoms. The fourth-order valence-electron chi connectivity index (χ4n) is 1.96. The molecule has 1 saturated carbocycles. The summed E-state index contributed by atoms with van der Waals surface area (Å²) in [7, 11) is 0. The number of aromatic nitrogens is 2. The van der Waals surface area contributed by atoms with Crippen molar-refractivity contribution in [2.45, 2.75) is 32.2 Å². The maximum Gasteiger partial charge on any atom is 0.157 e. The number of ketones is 1. The van der Waals surface area contributed by atoms with Gasteiger partial charge in [-0.05, 0) is 12.8 Å². The van der Waals surface area contributed by atoms with Crippen molar-refractivity contribution in [3.05, 3.63) is 17.4 Å². The van der Waals surface area contributed by atoms with Crippen LogP contribution >= 0.6 is 11.6 Å². The van der Waals surface area contributed by atoms with Crippen molar-refractivity contribution in [2.24, 2.45) is 5.92 Å². The molecule has 0 aromatic carbocycles. The molecule has 4 heteroatoms. The minimum Gasteiger partial charge on any atom is -0.297 e. The first-order chi connectivity index (χ1) is 6.75. The van der Waals surface area contributed by atoms with Gasteiger partial charge in [-0.1, -0.05) is 24.4 Å². The number of hydrogen-bond donors (Lipinski definition) is 0. The molecule has 0 radical (unpaired) electrons. The summed E-state index contributed by atoms with van der Waals surface area (Å²) in [4.78, 5) is 11.7. The number of halogens is 1. The maximum atomic E-state index is 11.7. The van der Waals surface area contributed by atoms with E-state index in [2.05, 4.69) is 5.10 Å². The molecule has 1 heterocycles. The number of nitrogens with zero attached hydrogens (tertiary/aromatic N) is 2. The first-order valence-electron chi connectivity index (χ1n) is 4.96. The fourth-order valence-corrected chi connectivity index (χ4v) is 2.12. The van der Waals surface area contributed by atoms with Crippen LogP contribution in [-0.2, 0) is 11.3 Å². The van der Waals surface area contributed by atoms with Crippen LogP contribution in [0.15, 0.2) is 12.4 Å². The van der Waals surface area contributed by atoms with E-state index in [4.69, 9.17) is 11.6 Å². The molecular weight excluding hydrogens is 200 g/mol. The lowest BCUT2D eigenvalue weighted by atomic mass is 10.0. The third-order valence-corrected chi connectivity index (χ3v) is 2.93. The molecule has 0 bridgehead atoms. The minimum absolute atomic E-state index is 0.262. The Morgan fingerprint density at radius 1 is 1.57 bits per heavy atom. The summed E-state index contributed by atoms with van der Waals surface area (Å²) >= 11 is 5.71. The van der Waals surface area contributed by atoms with E-state index < -0.39 is 0 Å². The molecule has 1 aromatic heterocycles. The van der Waals surface area contributed by atoms with Crippen LogP contribution in [-0.4, -0.2) is 15.6 Å². The third-order valence-electron chi connectivity index (χ3n) is 2.73. The van der Waals surface area contributed by atoms with Gasteiger partial charge in [-0.3, -0.25) is 9.48 Å². The van der Waals surface area contributed by atoms with Crippen LogP contribution in [0, 0.1) is 5.92 Å². The van der Waals surface area contributed by atoms with E-state index in [1.54, 1.807) is 17.1 Å². The topological polar surface area (TPSA) is 34.9 Å². The minimum atomic E-state index is 0.262. The SMILES string of the molecule is O=C(Cn1cc(Cl)cn1)C1CCCC1. The molecule has 0 unspecified atom stereocenters. The predicted octanol–water partition coefficient (Wildman–Crippen LogP) is 2.30. The second-order valence-electron chi connectivity index (χ2n) is 3.80. The van der Waals surface area contributed by atoms with E-state index >= 15 is 0 Å². The van der Waals surface area contributed by atoms with Gasteiger partial charge in [-0.2, -0.15) is 5.10 Å². The maximum absolute atomic E-state index is 11.7. The molecule has 0 N–H and O–H groups in total. The molecule has 0 saturated heterocycles. The van der Waals surface area contributed by atoms with Gasteiger partial charge in [0.05, 0.1) is 17.8 Å². The molecule has 14 heavy (non-hydrogen) atoms. The smallest absolute Gasteiger partial charge is 0.157 e. The highest BCUT2D eigenvalue weighted by Crippen LogP contribution is 2.25. The van der Waals surface area contributed by atoms with Gasteiger partial charge < -0.3 is 0 Å². The van der Waals surface area contributed by atoms with E-state index in [1.165, 1.54) is 12.8 Å². The Bertz CT molecular complexity index is 329. The summed E-state index contributed by atoms with van der Waals surface area (Å²) in [5, 5.41) is 4.58. The largest absolute Gasteiger partial charge is 0.297 e. The Labute approximate surface area is 88.1 Å². The molecule has 0 aliphatic heterocycles. The van der Waals surface area contributed by atoms with Crippen molar-refractivity contribution in [1.82, 2.24) is 9.78 Å². The van der Waals surface area contributed by atoms with Crippen molar-refractivity contribution >= 4 is 17.4 Å². The summed E-state index contributed by atoms with van der Waals surface area (Å²) in [5.74, 6) is 0.556. The zero-order valence-corrected chi connectivity index (χ0v) is 8.70. The molecule has 76 valence electrons. The number of Topliss-reactive ketones (excluding diaryl/α,β-unsaturated/α-hetero) is 1. The monoisotopic (exact) mass is 212 g/mol. The fraction of sp³-hybridized carbons (Fsp3) is 0.600. The van der Waals surface area contributed by atoms with Crippen molar-refractivity contribution in [3.63, 3.8) is 0 Å². The van der Waals surface area contributed by atoms with Crippen LogP contribution in [0.1, 0.15) is 25.7 Å². The Morgan fingerprint density at radius 2 is 2.29 bits per heavy atom. The van der Waals surface area contributed by atoms with Crippen LogP contribution in [0.2, 0.25) is 5.02 Å². The first kappa shape index (κ1) is 9.71. The van der Waals surface area contributed by atoms with Crippen LogP contribution in [0.25, 0.3) is 0 Å². The number of rotatable bonds is 3. The second kappa shape index (κ2) is 4.13. The number of hydrogen-bond acceptors (Lipinski definition) is 2. The van der Waals surface area contributed by atoms with Gasteiger partial charge in [0.25, 0.3) is 0 Å². The Kier molecular flexibility index (Phi) is 2.87. The molecule has 0 atom stereocenters. The number of carbonyl (C=O) groups is 1. The van der Waals surface area contributed by atoms with Crippen LogP contribution in [0.3, 0.4) is 0 Å². The molecule has 1 aromatic rings. The lowest BCUT2D eigenvalue weighted by Gasteiger charge is -2.06. The van der Waals surface area contributed by atoms with Crippen molar-refractivity contribution in [2.75, 3.05) is 0 Å². The van der Waals surface area contributed by atoms with E-state index in [0.29, 0.717) is 17.4 Å². The van der Waals surface area contributed by atoms with E-state index in [1.807, 2.05) is 0 Å².